The summed E-state index contributed by atoms with van der Waals surface area (Å²) in [7, 11) is 2.10. The molecule has 1 aromatic carbocycles. The SMILES string of the molecule is CN1CCC=C(C(=O)c2ccccc2)CC1. The van der Waals surface area contributed by atoms with Crippen LogP contribution < -0.4 is 0 Å². The first kappa shape index (κ1) is 11.1. The topological polar surface area (TPSA) is 20.3 Å². The molecular formula is C14H17NO. The van der Waals surface area contributed by atoms with E-state index in [1.165, 1.54) is 0 Å². The van der Waals surface area contributed by atoms with Gasteiger partial charge in [0.05, 0.1) is 0 Å². The average molecular weight is 215 g/mol. The van der Waals surface area contributed by atoms with Crippen molar-refractivity contribution >= 4 is 5.78 Å². The van der Waals surface area contributed by atoms with Crippen LogP contribution in [0.15, 0.2) is 42.0 Å². The summed E-state index contributed by atoms with van der Waals surface area (Å²) < 4.78 is 0. The van der Waals surface area contributed by atoms with Crippen LogP contribution in [0.4, 0.5) is 0 Å². The fourth-order valence-electron chi connectivity index (χ4n) is 1.97. The van der Waals surface area contributed by atoms with Crippen molar-refractivity contribution in [2.75, 3.05) is 20.1 Å². The molecule has 0 radical (unpaired) electrons. The van der Waals surface area contributed by atoms with E-state index in [0.717, 1.165) is 37.1 Å². The van der Waals surface area contributed by atoms with E-state index in [1.54, 1.807) is 0 Å². The van der Waals surface area contributed by atoms with Gasteiger partial charge >= 0.3 is 0 Å². The lowest BCUT2D eigenvalue weighted by atomic mass is 10.0. The van der Waals surface area contributed by atoms with Crippen molar-refractivity contribution in [2.45, 2.75) is 12.8 Å². The molecule has 2 nitrogen and oxygen atoms in total. The summed E-state index contributed by atoms with van der Waals surface area (Å²) in [5.74, 6) is 0.191. The highest BCUT2D eigenvalue weighted by Gasteiger charge is 2.14. The molecule has 0 amide bonds. The van der Waals surface area contributed by atoms with E-state index < -0.39 is 0 Å². The summed E-state index contributed by atoms with van der Waals surface area (Å²) in [4.78, 5) is 14.4. The molecule has 2 heteroatoms. The minimum Gasteiger partial charge on any atom is -0.306 e. The number of benzene rings is 1. The fourth-order valence-corrected chi connectivity index (χ4v) is 1.97. The summed E-state index contributed by atoms with van der Waals surface area (Å²) in [6.07, 6.45) is 3.94. The molecule has 0 bridgehead atoms. The summed E-state index contributed by atoms with van der Waals surface area (Å²) in [6.45, 7) is 2.02. The van der Waals surface area contributed by atoms with Gasteiger partial charge in [0.25, 0.3) is 0 Å². The van der Waals surface area contributed by atoms with Crippen LogP contribution in [-0.2, 0) is 0 Å². The Morgan fingerprint density at radius 3 is 2.69 bits per heavy atom. The van der Waals surface area contributed by atoms with E-state index in [2.05, 4.69) is 18.0 Å². The molecular weight excluding hydrogens is 198 g/mol. The molecule has 0 saturated carbocycles. The average Bonchev–Trinajstić information content (AvgIpc) is 2.54. The Kier molecular flexibility index (Phi) is 3.52. The van der Waals surface area contributed by atoms with Gasteiger partial charge in [-0.05, 0) is 25.5 Å². The molecule has 0 saturated heterocycles. The Balaban J connectivity index is 2.13. The van der Waals surface area contributed by atoms with E-state index in [4.69, 9.17) is 0 Å². The number of Topliss-reactive ketones (excluding diaryl/α,β-unsaturated/α-hetero) is 1. The maximum atomic E-state index is 12.2. The lowest BCUT2D eigenvalue weighted by molar-refractivity contribution is 0.103. The molecule has 84 valence electrons. The summed E-state index contributed by atoms with van der Waals surface area (Å²) in [5, 5.41) is 0. The Morgan fingerprint density at radius 1 is 1.19 bits per heavy atom. The number of nitrogens with zero attached hydrogens (tertiary/aromatic N) is 1. The molecule has 0 atom stereocenters. The highest BCUT2D eigenvalue weighted by molar-refractivity contribution is 6.08. The van der Waals surface area contributed by atoms with Crippen LogP contribution >= 0.6 is 0 Å². The third kappa shape index (κ3) is 2.58. The molecule has 2 rings (SSSR count). The molecule has 0 N–H and O–H groups in total. The molecule has 1 aliphatic heterocycles. The number of ketones is 1. The molecule has 1 heterocycles. The highest BCUT2D eigenvalue weighted by Crippen LogP contribution is 2.15. The van der Waals surface area contributed by atoms with Crippen LogP contribution in [-0.4, -0.2) is 30.8 Å². The second kappa shape index (κ2) is 5.08. The first-order valence-corrected chi connectivity index (χ1v) is 5.74. The zero-order valence-electron chi connectivity index (χ0n) is 9.65. The number of hydrogen-bond donors (Lipinski definition) is 0. The Hall–Kier alpha value is -1.41. The minimum atomic E-state index is 0.191. The van der Waals surface area contributed by atoms with Crippen LogP contribution in [0.3, 0.4) is 0 Å². The van der Waals surface area contributed by atoms with Crippen LogP contribution in [0, 0.1) is 0 Å². The van der Waals surface area contributed by atoms with Gasteiger partial charge in [-0.15, -0.1) is 0 Å². The van der Waals surface area contributed by atoms with Crippen LogP contribution in [0.25, 0.3) is 0 Å². The predicted octanol–water partition coefficient (Wildman–Crippen LogP) is 2.52. The van der Waals surface area contributed by atoms with Crippen molar-refractivity contribution in [2.24, 2.45) is 0 Å². The van der Waals surface area contributed by atoms with Crippen molar-refractivity contribution in [3.05, 3.63) is 47.5 Å². The second-order valence-corrected chi connectivity index (χ2v) is 4.27. The van der Waals surface area contributed by atoms with Crippen molar-refractivity contribution < 1.29 is 4.79 Å². The molecule has 0 aromatic heterocycles. The highest BCUT2D eigenvalue weighted by atomic mass is 16.1. The van der Waals surface area contributed by atoms with Gasteiger partial charge < -0.3 is 4.90 Å². The summed E-state index contributed by atoms with van der Waals surface area (Å²) in [6, 6.07) is 9.54. The summed E-state index contributed by atoms with van der Waals surface area (Å²) >= 11 is 0. The third-order valence-electron chi connectivity index (χ3n) is 2.99. The Morgan fingerprint density at radius 2 is 1.94 bits per heavy atom. The maximum absolute atomic E-state index is 12.2. The van der Waals surface area contributed by atoms with E-state index in [-0.39, 0.29) is 5.78 Å². The largest absolute Gasteiger partial charge is 0.306 e. The Labute approximate surface area is 96.6 Å². The smallest absolute Gasteiger partial charge is 0.188 e. The zero-order valence-corrected chi connectivity index (χ0v) is 9.65. The van der Waals surface area contributed by atoms with Crippen molar-refractivity contribution in [1.82, 2.24) is 4.90 Å². The first-order valence-electron chi connectivity index (χ1n) is 5.74. The first-order chi connectivity index (χ1) is 7.77. The van der Waals surface area contributed by atoms with Gasteiger partial charge in [0.2, 0.25) is 0 Å². The number of carbonyl (C=O) groups excluding carboxylic acids is 1. The third-order valence-corrected chi connectivity index (χ3v) is 2.99. The number of hydrogen-bond acceptors (Lipinski definition) is 2. The Bertz CT molecular complexity index is 394. The van der Waals surface area contributed by atoms with Gasteiger partial charge in [0, 0.05) is 18.7 Å². The van der Waals surface area contributed by atoms with Crippen molar-refractivity contribution in [1.29, 1.82) is 0 Å². The zero-order chi connectivity index (χ0) is 11.4. The van der Waals surface area contributed by atoms with Crippen LogP contribution in [0.1, 0.15) is 23.2 Å². The van der Waals surface area contributed by atoms with E-state index in [9.17, 15) is 4.79 Å². The van der Waals surface area contributed by atoms with Crippen LogP contribution in [0.2, 0.25) is 0 Å². The van der Waals surface area contributed by atoms with Crippen molar-refractivity contribution in [3.63, 3.8) is 0 Å². The van der Waals surface area contributed by atoms with E-state index >= 15 is 0 Å². The molecule has 1 aliphatic rings. The van der Waals surface area contributed by atoms with Gasteiger partial charge in [0.15, 0.2) is 5.78 Å². The monoisotopic (exact) mass is 215 g/mol. The lowest BCUT2D eigenvalue weighted by Gasteiger charge is -2.12. The number of carbonyl (C=O) groups is 1. The standard InChI is InChI=1S/C14H17NO/c1-15-10-5-8-13(9-11-15)14(16)12-6-3-2-4-7-12/h2-4,6-8H,5,9-11H2,1H3. The normalized spacial score (nSPS) is 17.7. The second-order valence-electron chi connectivity index (χ2n) is 4.27. The predicted molar refractivity (Wildman–Crippen MR) is 65.6 cm³/mol. The van der Waals surface area contributed by atoms with E-state index in [0.29, 0.717) is 0 Å². The lowest BCUT2D eigenvalue weighted by Crippen LogP contribution is -2.19. The van der Waals surface area contributed by atoms with Gasteiger partial charge in [-0.1, -0.05) is 36.4 Å². The van der Waals surface area contributed by atoms with Gasteiger partial charge in [0.1, 0.15) is 0 Å². The van der Waals surface area contributed by atoms with Crippen molar-refractivity contribution in [3.8, 4) is 0 Å². The number of rotatable bonds is 2. The van der Waals surface area contributed by atoms with E-state index in [1.807, 2.05) is 30.3 Å². The molecule has 0 aliphatic carbocycles. The molecule has 16 heavy (non-hydrogen) atoms. The fraction of sp³-hybridized carbons (Fsp3) is 0.357. The molecule has 1 aromatic rings. The maximum Gasteiger partial charge on any atom is 0.188 e. The van der Waals surface area contributed by atoms with Gasteiger partial charge in [-0.25, -0.2) is 0 Å². The molecule has 0 unspecified atom stereocenters. The summed E-state index contributed by atoms with van der Waals surface area (Å²) in [5.41, 5.74) is 1.77. The minimum absolute atomic E-state index is 0.191. The quantitative estimate of drug-likeness (QED) is 0.706. The van der Waals surface area contributed by atoms with Crippen LogP contribution in [0.5, 0.6) is 0 Å². The van der Waals surface area contributed by atoms with Gasteiger partial charge in [-0.2, -0.15) is 0 Å². The molecule has 0 spiro atoms. The van der Waals surface area contributed by atoms with Gasteiger partial charge in [-0.3, -0.25) is 4.79 Å². The molecule has 0 fully saturated rings.